The van der Waals surface area contributed by atoms with Crippen molar-refractivity contribution in [2.45, 2.75) is 46.8 Å². The largest absolute Gasteiger partial charge is 0.481 e. The lowest BCUT2D eigenvalue weighted by Crippen LogP contribution is -2.37. The van der Waals surface area contributed by atoms with Crippen molar-refractivity contribution in [2.75, 3.05) is 6.54 Å². The van der Waals surface area contributed by atoms with Crippen molar-refractivity contribution in [2.24, 2.45) is 0 Å². The second-order valence-corrected chi connectivity index (χ2v) is 6.40. The van der Waals surface area contributed by atoms with Crippen LogP contribution in [0, 0.1) is 20.8 Å². The van der Waals surface area contributed by atoms with Gasteiger partial charge < -0.3 is 10.1 Å². The molecule has 0 unspecified atom stereocenters. The molecule has 0 spiro atoms. The summed E-state index contributed by atoms with van der Waals surface area (Å²) in [6.07, 6.45) is 0.263. The number of hydrogen-bond acceptors (Lipinski definition) is 3. The Labute approximate surface area is 148 Å². The zero-order valence-electron chi connectivity index (χ0n) is 14.6. The molecule has 130 valence electrons. The van der Waals surface area contributed by atoms with Crippen LogP contribution >= 0.6 is 11.6 Å². The molecule has 0 bridgehead atoms. The predicted octanol–water partition coefficient (Wildman–Crippen LogP) is 3.44. The molecule has 0 aliphatic carbocycles. The average Bonchev–Trinajstić information content (AvgIpc) is 2.84. The van der Waals surface area contributed by atoms with E-state index in [0.29, 0.717) is 17.3 Å². The van der Waals surface area contributed by atoms with Crippen LogP contribution in [0.4, 0.5) is 0 Å². The van der Waals surface area contributed by atoms with E-state index in [1.807, 2.05) is 37.6 Å². The molecule has 1 aromatic carbocycles. The van der Waals surface area contributed by atoms with E-state index in [2.05, 4.69) is 10.4 Å². The first-order chi connectivity index (χ1) is 11.4. The monoisotopic (exact) mass is 349 g/mol. The minimum absolute atomic E-state index is 0.127. The molecule has 24 heavy (non-hydrogen) atoms. The minimum Gasteiger partial charge on any atom is -0.481 e. The molecular formula is C18H24ClN3O2. The molecule has 1 heterocycles. The van der Waals surface area contributed by atoms with Crippen LogP contribution in [-0.2, 0) is 11.3 Å². The number of rotatable bonds is 7. The first-order valence-electron chi connectivity index (χ1n) is 8.08. The van der Waals surface area contributed by atoms with E-state index in [4.69, 9.17) is 16.3 Å². The van der Waals surface area contributed by atoms with Gasteiger partial charge in [0.25, 0.3) is 5.91 Å². The maximum atomic E-state index is 12.1. The molecule has 0 aliphatic heterocycles. The van der Waals surface area contributed by atoms with Crippen LogP contribution in [0.25, 0.3) is 0 Å². The summed E-state index contributed by atoms with van der Waals surface area (Å²) in [5, 5.41) is 7.96. The van der Waals surface area contributed by atoms with Crippen molar-refractivity contribution in [1.82, 2.24) is 15.1 Å². The number of aryl methyl sites for hydroxylation is 4. The van der Waals surface area contributed by atoms with Crippen molar-refractivity contribution >= 4 is 17.5 Å². The SMILES string of the molecule is Cc1cc(C)n(CCCNC(=O)[C@@H](C)Oc2ccc(Cl)cc2C)n1. The van der Waals surface area contributed by atoms with Crippen molar-refractivity contribution in [1.29, 1.82) is 0 Å². The zero-order chi connectivity index (χ0) is 17.7. The number of hydrogen-bond donors (Lipinski definition) is 1. The van der Waals surface area contributed by atoms with E-state index in [0.717, 1.165) is 29.9 Å². The Morgan fingerprint density at radius 2 is 2.08 bits per heavy atom. The number of carbonyl (C=O) groups excluding carboxylic acids is 1. The second-order valence-electron chi connectivity index (χ2n) is 5.96. The van der Waals surface area contributed by atoms with Gasteiger partial charge in [-0.15, -0.1) is 0 Å². The van der Waals surface area contributed by atoms with Crippen LogP contribution in [0.5, 0.6) is 5.75 Å². The Bertz CT molecular complexity index is 712. The van der Waals surface area contributed by atoms with Gasteiger partial charge in [-0.05, 0) is 63.9 Å². The third-order valence-corrected chi connectivity index (χ3v) is 3.99. The maximum absolute atomic E-state index is 12.1. The van der Waals surface area contributed by atoms with E-state index in [1.165, 1.54) is 0 Å². The average molecular weight is 350 g/mol. The predicted molar refractivity (Wildman–Crippen MR) is 95.6 cm³/mol. The highest BCUT2D eigenvalue weighted by molar-refractivity contribution is 6.30. The first-order valence-corrected chi connectivity index (χ1v) is 8.46. The summed E-state index contributed by atoms with van der Waals surface area (Å²) in [6, 6.07) is 7.39. The van der Waals surface area contributed by atoms with E-state index in [9.17, 15) is 4.79 Å². The fourth-order valence-corrected chi connectivity index (χ4v) is 2.70. The Hall–Kier alpha value is -2.01. The molecular weight excluding hydrogens is 326 g/mol. The smallest absolute Gasteiger partial charge is 0.260 e. The summed E-state index contributed by atoms with van der Waals surface area (Å²) in [7, 11) is 0. The number of halogens is 1. The highest BCUT2D eigenvalue weighted by Crippen LogP contribution is 2.22. The van der Waals surface area contributed by atoms with E-state index >= 15 is 0 Å². The third-order valence-electron chi connectivity index (χ3n) is 3.76. The maximum Gasteiger partial charge on any atom is 0.260 e. The lowest BCUT2D eigenvalue weighted by molar-refractivity contribution is -0.127. The quantitative estimate of drug-likeness (QED) is 0.779. The Balaban J connectivity index is 1.76. The number of aromatic nitrogens is 2. The van der Waals surface area contributed by atoms with Crippen LogP contribution < -0.4 is 10.1 Å². The molecule has 6 heteroatoms. The Morgan fingerprint density at radius 3 is 2.71 bits per heavy atom. The lowest BCUT2D eigenvalue weighted by atomic mass is 10.2. The summed E-state index contributed by atoms with van der Waals surface area (Å²) < 4.78 is 7.67. The number of nitrogens with zero attached hydrogens (tertiary/aromatic N) is 2. The summed E-state index contributed by atoms with van der Waals surface area (Å²) in [6.45, 7) is 9.02. The second kappa shape index (κ2) is 8.20. The topological polar surface area (TPSA) is 56.2 Å². The summed E-state index contributed by atoms with van der Waals surface area (Å²) >= 11 is 5.92. The molecule has 5 nitrogen and oxygen atoms in total. The van der Waals surface area contributed by atoms with Crippen molar-refractivity contribution < 1.29 is 9.53 Å². The molecule has 0 fully saturated rings. The molecule has 1 atom stereocenters. The van der Waals surface area contributed by atoms with E-state index in [1.54, 1.807) is 19.1 Å². The zero-order valence-corrected chi connectivity index (χ0v) is 15.4. The summed E-state index contributed by atoms with van der Waals surface area (Å²) in [4.78, 5) is 12.1. The fourth-order valence-electron chi connectivity index (χ4n) is 2.47. The van der Waals surface area contributed by atoms with Crippen molar-refractivity contribution in [3.8, 4) is 5.75 Å². The summed E-state index contributed by atoms with van der Waals surface area (Å²) in [5.74, 6) is 0.544. The molecule has 1 N–H and O–H groups in total. The van der Waals surface area contributed by atoms with Crippen molar-refractivity contribution in [3.05, 3.63) is 46.2 Å². The molecule has 2 rings (SSSR count). The van der Waals surface area contributed by atoms with Gasteiger partial charge >= 0.3 is 0 Å². The van der Waals surface area contributed by atoms with Gasteiger partial charge in [-0.3, -0.25) is 9.48 Å². The van der Waals surface area contributed by atoms with E-state index in [-0.39, 0.29) is 5.91 Å². The number of nitrogens with one attached hydrogen (secondary N) is 1. The van der Waals surface area contributed by atoms with Crippen molar-refractivity contribution in [3.63, 3.8) is 0 Å². The van der Waals surface area contributed by atoms with Crippen LogP contribution in [-0.4, -0.2) is 28.3 Å². The molecule has 2 aromatic rings. The molecule has 0 aliphatic rings. The number of benzene rings is 1. The lowest BCUT2D eigenvalue weighted by Gasteiger charge is -2.16. The molecule has 1 aromatic heterocycles. The fraction of sp³-hybridized carbons (Fsp3) is 0.444. The van der Waals surface area contributed by atoms with Crippen LogP contribution in [0.15, 0.2) is 24.3 Å². The van der Waals surface area contributed by atoms with Gasteiger partial charge in [0.15, 0.2) is 6.10 Å². The van der Waals surface area contributed by atoms with E-state index < -0.39 is 6.10 Å². The molecule has 1 amide bonds. The van der Waals surface area contributed by atoms with Crippen LogP contribution in [0.1, 0.15) is 30.3 Å². The van der Waals surface area contributed by atoms with Gasteiger partial charge in [-0.25, -0.2) is 0 Å². The minimum atomic E-state index is -0.557. The molecule has 0 saturated carbocycles. The molecule has 0 radical (unpaired) electrons. The van der Waals surface area contributed by atoms with Gasteiger partial charge in [0.05, 0.1) is 5.69 Å². The van der Waals surface area contributed by atoms with Gasteiger partial charge in [-0.2, -0.15) is 5.10 Å². The Morgan fingerprint density at radius 1 is 1.33 bits per heavy atom. The van der Waals surface area contributed by atoms with Gasteiger partial charge in [-0.1, -0.05) is 11.6 Å². The number of carbonyl (C=O) groups is 1. The molecule has 0 saturated heterocycles. The van der Waals surface area contributed by atoms with Gasteiger partial charge in [0, 0.05) is 23.8 Å². The highest BCUT2D eigenvalue weighted by Gasteiger charge is 2.15. The number of amides is 1. The first kappa shape index (κ1) is 18.3. The third kappa shape index (κ3) is 4.99. The van der Waals surface area contributed by atoms with Gasteiger partial charge in [0.1, 0.15) is 5.75 Å². The van der Waals surface area contributed by atoms with Crippen LogP contribution in [0.3, 0.4) is 0 Å². The normalized spacial score (nSPS) is 12.0. The standard InChI is InChI=1S/C18H24ClN3O2/c1-12-10-16(19)6-7-17(12)24-15(4)18(23)20-8-5-9-22-14(3)11-13(2)21-22/h6-7,10-11,15H,5,8-9H2,1-4H3,(H,20,23)/t15-/m1/s1. The van der Waals surface area contributed by atoms with Crippen LogP contribution in [0.2, 0.25) is 5.02 Å². The van der Waals surface area contributed by atoms with Gasteiger partial charge in [0.2, 0.25) is 0 Å². The number of ether oxygens (including phenoxy) is 1. The summed E-state index contributed by atoms with van der Waals surface area (Å²) in [5.41, 5.74) is 3.05. The highest BCUT2D eigenvalue weighted by atomic mass is 35.5. The Kier molecular flexibility index (Phi) is 6.26.